The Bertz CT molecular complexity index is 281. The zero-order valence-electron chi connectivity index (χ0n) is 8.91. The highest BCUT2D eigenvalue weighted by Gasteiger charge is 1.97. The van der Waals surface area contributed by atoms with Gasteiger partial charge < -0.3 is 9.47 Å². The van der Waals surface area contributed by atoms with E-state index < -0.39 is 0 Å². The van der Waals surface area contributed by atoms with E-state index in [1.165, 1.54) is 0 Å². The molecule has 1 rings (SSSR count). The van der Waals surface area contributed by atoms with Crippen molar-refractivity contribution < 1.29 is 9.47 Å². The predicted molar refractivity (Wildman–Crippen MR) is 60.4 cm³/mol. The van der Waals surface area contributed by atoms with Crippen LogP contribution in [0, 0.1) is 0 Å². The Morgan fingerprint density at radius 2 is 2.13 bits per heavy atom. The van der Waals surface area contributed by atoms with Crippen LogP contribution in [-0.2, 0) is 10.6 Å². The van der Waals surface area contributed by atoms with E-state index in [1.807, 2.05) is 18.2 Å². The van der Waals surface area contributed by atoms with Crippen LogP contribution in [0.2, 0.25) is 0 Å². The summed E-state index contributed by atoms with van der Waals surface area (Å²) >= 11 is 5.66. The molecule has 4 heteroatoms. The zero-order valence-corrected chi connectivity index (χ0v) is 9.67. The summed E-state index contributed by atoms with van der Waals surface area (Å²) in [6, 6.07) is 5.57. The monoisotopic (exact) mass is 229 g/mol. The third-order valence-electron chi connectivity index (χ3n) is 1.74. The average molecular weight is 230 g/mol. The average Bonchev–Trinajstić information content (AvgIpc) is 2.29. The van der Waals surface area contributed by atoms with Crippen LogP contribution in [-0.4, -0.2) is 24.8 Å². The summed E-state index contributed by atoms with van der Waals surface area (Å²) in [5, 5.41) is 0. The van der Waals surface area contributed by atoms with Crippen LogP contribution < -0.4 is 4.74 Å². The molecule has 1 aromatic rings. The number of hydrogen-bond acceptors (Lipinski definition) is 3. The van der Waals surface area contributed by atoms with Gasteiger partial charge in [-0.1, -0.05) is 13.0 Å². The Balaban J connectivity index is 2.24. The molecule has 15 heavy (non-hydrogen) atoms. The van der Waals surface area contributed by atoms with Crippen LogP contribution in [0.1, 0.15) is 19.0 Å². The van der Waals surface area contributed by atoms with Crippen molar-refractivity contribution in [3.63, 3.8) is 0 Å². The van der Waals surface area contributed by atoms with Crippen molar-refractivity contribution in [3.05, 3.63) is 23.9 Å². The van der Waals surface area contributed by atoms with E-state index in [0.29, 0.717) is 25.0 Å². The van der Waals surface area contributed by atoms with Crippen molar-refractivity contribution in [1.82, 2.24) is 4.98 Å². The van der Waals surface area contributed by atoms with Gasteiger partial charge in [0.05, 0.1) is 18.2 Å². The molecule has 0 radical (unpaired) electrons. The summed E-state index contributed by atoms with van der Waals surface area (Å²) in [4.78, 5) is 4.20. The molecule has 1 heterocycles. The third-order valence-corrected chi connectivity index (χ3v) is 2.02. The number of ether oxygens (including phenoxy) is 2. The van der Waals surface area contributed by atoms with E-state index in [0.717, 1.165) is 18.7 Å². The van der Waals surface area contributed by atoms with Gasteiger partial charge >= 0.3 is 0 Å². The van der Waals surface area contributed by atoms with Gasteiger partial charge in [0, 0.05) is 12.7 Å². The Morgan fingerprint density at radius 3 is 2.87 bits per heavy atom. The lowest BCUT2D eigenvalue weighted by atomic mass is 10.4. The molecule has 0 aliphatic carbocycles. The van der Waals surface area contributed by atoms with Gasteiger partial charge in [0.2, 0.25) is 5.88 Å². The molecule has 0 saturated carbocycles. The summed E-state index contributed by atoms with van der Waals surface area (Å²) in [6.45, 7) is 3.98. The summed E-state index contributed by atoms with van der Waals surface area (Å²) in [5.74, 6) is 1.01. The van der Waals surface area contributed by atoms with E-state index >= 15 is 0 Å². The number of halogens is 1. The van der Waals surface area contributed by atoms with Crippen LogP contribution in [0.3, 0.4) is 0 Å². The van der Waals surface area contributed by atoms with Gasteiger partial charge in [0.15, 0.2) is 0 Å². The summed E-state index contributed by atoms with van der Waals surface area (Å²) in [7, 11) is 0. The van der Waals surface area contributed by atoms with E-state index in [2.05, 4.69) is 11.9 Å². The van der Waals surface area contributed by atoms with Gasteiger partial charge in [-0.05, 0) is 12.5 Å². The first kappa shape index (κ1) is 12.3. The Kier molecular flexibility index (Phi) is 6.12. The van der Waals surface area contributed by atoms with E-state index in [-0.39, 0.29) is 0 Å². The summed E-state index contributed by atoms with van der Waals surface area (Å²) < 4.78 is 10.7. The number of aromatic nitrogens is 1. The molecular formula is C11H16ClNO2. The van der Waals surface area contributed by atoms with Gasteiger partial charge in [-0.3, -0.25) is 0 Å². The Labute approximate surface area is 95.4 Å². The van der Waals surface area contributed by atoms with Crippen molar-refractivity contribution in [2.24, 2.45) is 0 Å². The SMILES string of the molecule is CCCOCCOc1cccc(CCl)n1. The minimum atomic E-state index is 0.406. The molecule has 0 spiro atoms. The predicted octanol–water partition coefficient (Wildman–Crippen LogP) is 2.63. The van der Waals surface area contributed by atoms with Crippen molar-refractivity contribution in [1.29, 1.82) is 0 Å². The Morgan fingerprint density at radius 1 is 1.27 bits per heavy atom. The molecule has 0 amide bonds. The molecule has 84 valence electrons. The molecular weight excluding hydrogens is 214 g/mol. The smallest absolute Gasteiger partial charge is 0.213 e. The van der Waals surface area contributed by atoms with Crippen LogP contribution >= 0.6 is 11.6 Å². The molecule has 0 atom stereocenters. The normalized spacial score (nSPS) is 10.3. The standard InChI is InChI=1S/C11H16ClNO2/c1-2-6-14-7-8-15-11-5-3-4-10(9-12)13-11/h3-5H,2,6-9H2,1H3. The molecule has 0 bridgehead atoms. The number of pyridine rings is 1. The van der Waals surface area contributed by atoms with E-state index in [4.69, 9.17) is 21.1 Å². The van der Waals surface area contributed by atoms with Crippen LogP contribution in [0.25, 0.3) is 0 Å². The first-order chi connectivity index (χ1) is 7.36. The fourth-order valence-electron chi connectivity index (χ4n) is 1.06. The largest absolute Gasteiger partial charge is 0.475 e. The highest BCUT2D eigenvalue weighted by molar-refractivity contribution is 6.16. The van der Waals surface area contributed by atoms with Gasteiger partial charge in [0.1, 0.15) is 6.61 Å². The fourth-order valence-corrected chi connectivity index (χ4v) is 1.21. The first-order valence-electron chi connectivity index (χ1n) is 5.09. The third kappa shape index (κ3) is 5.00. The zero-order chi connectivity index (χ0) is 10.9. The molecule has 0 aliphatic rings. The molecule has 0 saturated heterocycles. The van der Waals surface area contributed by atoms with Gasteiger partial charge in [0.25, 0.3) is 0 Å². The van der Waals surface area contributed by atoms with Crippen molar-refractivity contribution in [2.75, 3.05) is 19.8 Å². The topological polar surface area (TPSA) is 31.4 Å². The van der Waals surface area contributed by atoms with Gasteiger partial charge in [-0.15, -0.1) is 11.6 Å². The molecule has 1 aromatic heterocycles. The van der Waals surface area contributed by atoms with Crippen LogP contribution in [0.4, 0.5) is 0 Å². The molecule has 0 unspecified atom stereocenters. The van der Waals surface area contributed by atoms with Gasteiger partial charge in [-0.25, -0.2) is 4.98 Å². The van der Waals surface area contributed by atoms with E-state index in [9.17, 15) is 0 Å². The highest BCUT2D eigenvalue weighted by atomic mass is 35.5. The van der Waals surface area contributed by atoms with Crippen molar-refractivity contribution in [3.8, 4) is 5.88 Å². The number of rotatable bonds is 7. The molecule has 0 aliphatic heterocycles. The number of alkyl halides is 1. The maximum Gasteiger partial charge on any atom is 0.213 e. The van der Waals surface area contributed by atoms with Gasteiger partial charge in [-0.2, -0.15) is 0 Å². The molecule has 0 fully saturated rings. The maximum atomic E-state index is 5.66. The minimum absolute atomic E-state index is 0.406. The lowest BCUT2D eigenvalue weighted by Crippen LogP contribution is -2.08. The maximum absolute atomic E-state index is 5.66. The molecule has 0 N–H and O–H groups in total. The van der Waals surface area contributed by atoms with Crippen LogP contribution in [0.15, 0.2) is 18.2 Å². The second-order valence-electron chi connectivity index (χ2n) is 3.06. The van der Waals surface area contributed by atoms with Crippen molar-refractivity contribution >= 4 is 11.6 Å². The fraction of sp³-hybridized carbons (Fsp3) is 0.545. The highest BCUT2D eigenvalue weighted by Crippen LogP contribution is 2.08. The molecule has 3 nitrogen and oxygen atoms in total. The summed E-state index contributed by atoms with van der Waals surface area (Å²) in [6.07, 6.45) is 1.03. The second-order valence-corrected chi connectivity index (χ2v) is 3.33. The first-order valence-corrected chi connectivity index (χ1v) is 5.62. The second kappa shape index (κ2) is 7.49. The Hall–Kier alpha value is -0.800. The lowest BCUT2D eigenvalue weighted by molar-refractivity contribution is 0.0989. The summed E-state index contributed by atoms with van der Waals surface area (Å²) in [5.41, 5.74) is 0.823. The number of nitrogens with zero attached hydrogens (tertiary/aromatic N) is 1. The van der Waals surface area contributed by atoms with E-state index in [1.54, 1.807) is 0 Å². The van der Waals surface area contributed by atoms with Crippen LogP contribution in [0.5, 0.6) is 5.88 Å². The lowest BCUT2D eigenvalue weighted by Gasteiger charge is -2.06. The number of hydrogen-bond donors (Lipinski definition) is 0. The van der Waals surface area contributed by atoms with Crippen molar-refractivity contribution in [2.45, 2.75) is 19.2 Å². The molecule has 0 aromatic carbocycles. The quantitative estimate of drug-likeness (QED) is 0.532. The minimum Gasteiger partial charge on any atom is -0.475 e.